The predicted octanol–water partition coefficient (Wildman–Crippen LogP) is 3.42. The van der Waals surface area contributed by atoms with E-state index in [1.807, 2.05) is 18.2 Å². The van der Waals surface area contributed by atoms with Crippen LogP contribution in [0, 0.1) is 0 Å². The van der Waals surface area contributed by atoms with E-state index >= 15 is 0 Å². The molecule has 4 rings (SSSR count). The first-order valence-electron chi connectivity index (χ1n) is 9.92. The molecule has 0 spiro atoms. The Kier molecular flexibility index (Phi) is 5.63. The summed E-state index contributed by atoms with van der Waals surface area (Å²) in [5.41, 5.74) is 4.57. The van der Waals surface area contributed by atoms with E-state index in [0.29, 0.717) is 6.42 Å². The summed E-state index contributed by atoms with van der Waals surface area (Å²) >= 11 is 0. The van der Waals surface area contributed by atoms with Gasteiger partial charge in [-0.1, -0.05) is 30.4 Å². The molecule has 0 saturated carbocycles. The highest BCUT2D eigenvalue weighted by atomic mass is 16.5. The van der Waals surface area contributed by atoms with Crippen LogP contribution in [-0.2, 0) is 11.2 Å². The van der Waals surface area contributed by atoms with Crippen LogP contribution in [0.15, 0.2) is 48.5 Å². The monoisotopic (exact) mass is 377 g/mol. The standard InChI is InChI=1S/C23H27N3O2/c1-28-22-7-3-2-6-21(22)26-15-13-25(14-16-26)12-4-5-18-8-10-20-19(17-18)9-11-23(27)24-20/h2-8,10,17H,9,11-16H2,1H3,(H,24,27). The van der Waals surface area contributed by atoms with Gasteiger partial charge in [-0.05, 0) is 41.8 Å². The number of hydrogen-bond acceptors (Lipinski definition) is 4. The van der Waals surface area contributed by atoms with Crippen molar-refractivity contribution in [1.82, 2.24) is 4.90 Å². The Labute approximate surface area is 166 Å². The molecule has 0 radical (unpaired) electrons. The minimum Gasteiger partial charge on any atom is -0.495 e. The van der Waals surface area contributed by atoms with E-state index in [9.17, 15) is 4.79 Å². The number of nitrogens with zero attached hydrogens (tertiary/aromatic N) is 2. The van der Waals surface area contributed by atoms with E-state index in [-0.39, 0.29) is 5.91 Å². The highest BCUT2D eigenvalue weighted by Crippen LogP contribution is 2.28. The van der Waals surface area contributed by atoms with Crippen molar-refractivity contribution < 1.29 is 9.53 Å². The molecule has 0 bridgehead atoms. The molecule has 1 N–H and O–H groups in total. The first-order valence-corrected chi connectivity index (χ1v) is 9.92. The van der Waals surface area contributed by atoms with Crippen LogP contribution in [-0.4, -0.2) is 50.6 Å². The average Bonchev–Trinajstić information content (AvgIpc) is 2.74. The highest BCUT2D eigenvalue weighted by molar-refractivity contribution is 5.94. The Hall–Kier alpha value is -2.79. The first-order chi connectivity index (χ1) is 13.7. The van der Waals surface area contributed by atoms with Crippen molar-refractivity contribution in [2.24, 2.45) is 0 Å². The molecule has 1 saturated heterocycles. The van der Waals surface area contributed by atoms with Crippen LogP contribution in [0.3, 0.4) is 0 Å². The van der Waals surface area contributed by atoms with Crippen molar-refractivity contribution in [3.8, 4) is 5.75 Å². The van der Waals surface area contributed by atoms with Gasteiger partial charge in [-0.25, -0.2) is 0 Å². The minimum atomic E-state index is 0.114. The lowest BCUT2D eigenvalue weighted by atomic mass is 10.0. The van der Waals surface area contributed by atoms with Gasteiger partial charge in [-0.3, -0.25) is 9.69 Å². The SMILES string of the molecule is COc1ccccc1N1CCN(CC=Cc2ccc3c(c2)CCC(=O)N3)CC1. The smallest absolute Gasteiger partial charge is 0.224 e. The number of nitrogens with one attached hydrogen (secondary N) is 1. The molecule has 5 heteroatoms. The van der Waals surface area contributed by atoms with Crippen LogP contribution < -0.4 is 15.0 Å². The molecule has 2 heterocycles. The topological polar surface area (TPSA) is 44.8 Å². The Balaban J connectivity index is 1.30. The number of rotatable bonds is 5. The molecule has 0 aromatic heterocycles. The molecule has 2 aromatic rings. The van der Waals surface area contributed by atoms with Crippen LogP contribution in [0.1, 0.15) is 17.5 Å². The Morgan fingerprint density at radius 3 is 2.71 bits per heavy atom. The van der Waals surface area contributed by atoms with Gasteiger partial charge < -0.3 is 15.0 Å². The fraction of sp³-hybridized carbons (Fsp3) is 0.348. The van der Waals surface area contributed by atoms with Gasteiger partial charge in [-0.2, -0.15) is 0 Å². The summed E-state index contributed by atoms with van der Waals surface area (Å²) < 4.78 is 5.50. The minimum absolute atomic E-state index is 0.114. The number of methoxy groups -OCH3 is 1. The number of piperazine rings is 1. The summed E-state index contributed by atoms with van der Waals surface area (Å²) in [6.07, 6.45) is 5.83. The van der Waals surface area contributed by atoms with Gasteiger partial charge in [0.15, 0.2) is 0 Å². The van der Waals surface area contributed by atoms with Crippen LogP contribution in [0.5, 0.6) is 5.75 Å². The Morgan fingerprint density at radius 1 is 1.07 bits per heavy atom. The van der Waals surface area contributed by atoms with E-state index in [1.165, 1.54) is 16.8 Å². The number of anilines is 2. The van der Waals surface area contributed by atoms with Gasteiger partial charge in [0.1, 0.15) is 5.75 Å². The molecule has 1 fully saturated rings. The molecule has 2 aliphatic rings. The number of para-hydroxylation sites is 2. The van der Waals surface area contributed by atoms with E-state index in [2.05, 4.69) is 51.5 Å². The number of amides is 1. The van der Waals surface area contributed by atoms with Gasteiger partial charge in [0.05, 0.1) is 12.8 Å². The Bertz CT molecular complexity index is 870. The molecule has 2 aliphatic heterocycles. The van der Waals surface area contributed by atoms with Crippen molar-refractivity contribution in [2.75, 3.05) is 50.1 Å². The second-order valence-electron chi connectivity index (χ2n) is 7.33. The maximum Gasteiger partial charge on any atom is 0.224 e. The van der Waals surface area contributed by atoms with Crippen molar-refractivity contribution in [3.63, 3.8) is 0 Å². The molecular formula is C23H27N3O2. The normalized spacial score (nSPS) is 17.5. The van der Waals surface area contributed by atoms with Crippen LogP contribution in [0.4, 0.5) is 11.4 Å². The van der Waals surface area contributed by atoms with Gasteiger partial charge in [0.2, 0.25) is 5.91 Å². The number of benzene rings is 2. The summed E-state index contributed by atoms with van der Waals surface area (Å²) in [5, 5.41) is 2.94. The third kappa shape index (κ3) is 4.20. The summed E-state index contributed by atoms with van der Waals surface area (Å²) in [7, 11) is 1.73. The maximum absolute atomic E-state index is 11.5. The zero-order chi connectivity index (χ0) is 19.3. The van der Waals surface area contributed by atoms with Crippen molar-refractivity contribution in [2.45, 2.75) is 12.8 Å². The van der Waals surface area contributed by atoms with Gasteiger partial charge in [-0.15, -0.1) is 0 Å². The van der Waals surface area contributed by atoms with E-state index < -0.39 is 0 Å². The molecule has 0 unspecified atom stereocenters. The van der Waals surface area contributed by atoms with Gasteiger partial charge >= 0.3 is 0 Å². The zero-order valence-corrected chi connectivity index (χ0v) is 16.4. The fourth-order valence-electron chi connectivity index (χ4n) is 3.91. The van der Waals surface area contributed by atoms with E-state index in [0.717, 1.165) is 50.6 Å². The summed E-state index contributed by atoms with van der Waals surface area (Å²) in [6, 6.07) is 14.5. The molecule has 5 nitrogen and oxygen atoms in total. The third-order valence-corrected chi connectivity index (χ3v) is 5.50. The zero-order valence-electron chi connectivity index (χ0n) is 16.4. The van der Waals surface area contributed by atoms with E-state index in [4.69, 9.17) is 4.74 Å². The van der Waals surface area contributed by atoms with Gasteiger partial charge in [0.25, 0.3) is 0 Å². The van der Waals surface area contributed by atoms with E-state index in [1.54, 1.807) is 7.11 Å². The maximum atomic E-state index is 11.5. The molecule has 1 amide bonds. The van der Waals surface area contributed by atoms with Crippen molar-refractivity contribution in [1.29, 1.82) is 0 Å². The third-order valence-electron chi connectivity index (χ3n) is 5.50. The summed E-state index contributed by atoms with van der Waals surface area (Å²) in [5.74, 6) is 1.06. The number of hydrogen-bond donors (Lipinski definition) is 1. The predicted molar refractivity (Wildman–Crippen MR) is 114 cm³/mol. The largest absolute Gasteiger partial charge is 0.495 e. The Morgan fingerprint density at radius 2 is 1.89 bits per heavy atom. The second-order valence-corrected chi connectivity index (χ2v) is 7.33. The quantitative estimate of drug-likeness (QED) is 0.867. The first kappa shape index (κ1) is 18.6. The van der Waals surface area contributed by atoms with Crippen molar-refractivity contribution >= 4 is 23.4 Å². The lowest BCUT2D eigenvalue weighted by molar-refractivity contribution is -0.116. The second kappa shape index (κ2) is 8.48. The molecule has 146 valence electrons. The summed E-state index contributed by atoms with van der Waals surface area (Å²) in [4.78, 5) is 16.3. The van der Waals surface area contributed by atoms with Crippen molar-refractivity contribution in [3.05, 3.63) is 59.7 Å². The average molecular weight is 377 g/mol. The lowest BCUT2D eigenvalue weighted by Crippen LogP contribution is -2.46. The van der Waals surface area contributed by atoms with Gasteiger partial charge in [0, 0.05) is 44.8 Å². The molecular weight excluding hydrogens is 350 g/mol. The molecule has 2 aromatic carbocycles. The number of ether oxygens (including phenoxy) is 1. The van der Waals surface area contributed by atoms with Crippen LogP contribution in [0.25, 0.3) is 6.08 Å². The molecule has 28 heavy (non-hydrogen) atoms. The summed E-state index contributed by atoms with van der Waals surface area (Å²) in [6.45, 7) is 5.05. The van der Waals surface area contributed by atoms with Crippen LogP contribution in [0.2, 0.25) is 0 Å². The fourth-order valence-corrected chi connectivity index (χ4v) is 3.91. The van der Waals surface area contributed by atoms with Crippen LogP contribution >= 0.6 is 0 Å². The molecule has 0 atom stereocenters. The number of aryl methyl sites for hydroxylation is 1. The number of carbonyl (C=O) groups is 1. The number of fused-ring (bicyclic) bond motifs is 1. The number of carbonyl (C=O) groups excluding carboxylic acids is 1. The highest BCUT2D eigenvalue weighted by Gasteiger charge is 2.18. The molecule has 0 aliphatic carbocycles. The lowest BCUT2D eigenvalue weighted by Gasteiger charge is -2.36.